The zero-order chi connectivity index (χ0) is 24.2. The van der Waals surface area contributed by atoms with E-state index in [1.807, 2.05) is 32.0 Å². The largest absolute Gasteiger partial charge is 0.454 e. The number of nitrogens with one attached hydrogen (secondary N) is 3. The molecule has 0 aromatic heterocycles. The van der Waals surface area contributed by atoms with Crippen LogP contribution in [0.15, 0.2) is 52.4 Å². The first kappa shape index (κ1) is 24.0. The number of hydrogen-bond donors (Lipinski definition) is 3. The van der Waals surface area contributed by atoms with Crippen LogP contribution in [0, 0.1) is 0 Å². The summed E-state index contributed by atoms with van der Waals surface area (Å²) in [6, 6.07) is 11.9. The fraction of sp³-hybridized carbons (Fsp3) is 0.417. The van der Waals surface area contributed by atoms with Gasteiger partial charge in [-0.2, -0.15) is 0 Å². The van der Waals surface area contributed by atoms with Gasteiger partial charge in [0.2, 0.25) is 12.7 Å². The van der Waals surface area contributed by atoms with Crippen LogP contribution in [0.4, 0.5) is 5.69 Å². The molecule has 34 heavy (non-hydrogen) atoms. The van der Waals surface area contributed by atoms with Crippen LogP contribution in [0.5, 0.6) is 11.5 Å². The van der Waals surface area contributed by atoms with E-state index >= 15 is 0 Å². The highest BCUT2D eigenvalue weighted by atomic mass is 32.2. The fourth-order valence-electron chi connectivity index (χ4n) is 3.81. The number of nitrogens with zero attached hydrogens (tertiary/aromatic N) is 1. The van der Waals surface area contributed by atoms with Crippen molar-refractivity contribution < 1.29 is 22.7 Å². The van der Waals surface area contributed by atoms with Gasteiger partial charge < -0.3 is 14.8 Å². The molecule has 2 aromatic carbocycles. The van der Waals surface area contributed by atoms with Crippen molar-refractivity contribution in [2.24, 2.45) is 4.99 Å². The molecule has 2 aromatic rings. The molecule has 0 aliphatic carbocycles. The summed E-state index contributed by atoms with van der Waals surface area (Å²) in [5, 5.41) is 6.00. The van der Waals surface area contributed by atoms with Gasteiger partial charge >= 0.3 is 0 Å². The lowest BCUT2D eigenvalue weighted by atomic mass is 9.94. The second-order valence-electron chi connectivity index (χ2n) is 8.87. The lowest BCUT2D eigenvalue weighted by Crippen LogP contribution is -2.41. The van der Waals surface area contributed by atoms with Gasteiger partial charge in [-0.3, -0.25) is 19.8 Å². The summed E-state index contributed by atoms with van der Waals surface area (Å²) in [7, 11) is -3.78. The molecule has 2 aliphatic heterocycles. The van der Waals surface area contributed by atoms with Crippen molar-refractivity contribution in [3.63, 3.8) is 0 Å². The van der Waals surface area contributed by atoms with Gasteiger partial charge in [-0.1, -0.05) is 18.6 Å². The van der Waals surface area contributed by atoms with Crippen LogP contribution in [-0.2, 0) is 20.4 Å². The summed E-state index contributed by atoms with van der Waals surface area (Å²) in [5.74, 6) is 1.58. The van der Waals surface area contributed by atoms with Gasteiger partial charge in [0.1, 0.15) is 5.84 Å². The van der Waals surface area contributed by atoms with E-state index in [2.05, 4.69) is 20.3 Å². The Morgan fingerprint density at radius 2 is 1.88 bits per heavy atom. The van der Waals surface area contributed by atoms with E-state index in [1.54, 1.807) is 12.1 Å². The van der Waals surface area contributed by atoms with Crippen molar-refractivity contribution in [3.05, 3.63) is 48.0 Å². The molecule has 10 heteroatoms. The van der Waals surface area contributed by atoms with Crippen molar-refractivity contribution in [1.29, 1.82) is 0 Å². The molecule has 3 N–H and O–H groups in total. The second-order valence-corrected chi connectivity index (χ2v) is 10.5. The molecule has 0 saturated heterocycles. The van der Waals surface area contributed by atoms with Crippen molar-refractivity contribution in [2.45, 2.75) is 50.0 Å². The van der Waals surface area contributed by atoms with E-state index in [1.165, 1.54) is 12.1 Å². The van der Waals surface area contributed by atoms with Crippen molar-refractivity contribution in [1.82, 2.24) is 10.0 Å². The Hall–Kier alpha value is -3.11. The molecule has 0 atom stereocenters. The minimum Gasteiger partial charge on any atom is -0.454 e. The zero-order valence-corrected chi connectivity index (χ0v) is 20.2. The van der Waals surface area contributed by atoms with Gasteiger partial charge in [0, 0.05) is 24.2 Å². The predicted molar refractivity (Wildman–Crippen MR) is 130 cm³/mol. The Bertz CT molecular complexity index is 1190. The molecule has 0 fully saturated rings. The number of amides is 1. The number of sulfonamides is 1. The topological polar surface area (TPSA) is 118 Å². The molecule has 9 nitrogen and oxygen atoms in total. The SMILES string of the molecule is CC(C)(NCC(=O)Nc1cccc(S(=O)(=O)NC2=NCCCCC2)c1)c1ccc2c(c1)OCO2. The number of fused-ring (bicyclic) bond motifs is 1. The van der Waals surface area contributed by atoms with E-state index < -0.39 is 15.6 Å². The number of carbonyl (C=O) groups is 1. The first-order valence-corrected chi connectivity index (χ1v) is 12.8. The average molecular weight is 487 g/mol. The van der Waals surface area contributed by atoms with Crippen LogP contribution < -0.4 is 24.8 Å². The molecule has 1 amide bonds. The number of hydrogen-bond acceptors (Lipinski definition) is 7. The molecule has 0 bridgehead atoms. The van der Waals surface area contributed by atoms with Crippen LogP contribution in [0.25, 0.3) is 0 Å². The van der Waals surface area contributed by atoms with Crippen LogP contribution in [0.1, 0.15) is 45.1 Å². The lowest BCUT2D eigenvalue weighted by molar-refractivity contribution is -0.115. The van der Waals surface area contributed by atoms with E-state index in [4.69, 9.17) is 9.47 Å². The smallest absolute Gasteiger partial charge is 0.262 e. The van der Waals surface area contributed by atoms with Crippen LogP contribution >= 0.6 is 0 Å². The first-order chi connectivity index (χ1) is 16.2. The number of benzene rings is 2. The summed E-state index contributed by atoms with van der Waals surface area (Å²) in [6.45, 7) is 4.80. The van der Waals surface area contributed by atoms with Gasteiger partial charge in [0.05, 0.1) is 11.4 Å². The fourth-order valence-corrected chi connectivity index (χ4v) is 4.94. The second kappa shape index (κ2) is 10.0. The number of carbonyl (C=O) groups excluding carboxylic acids is 1. The molecular weight excluding hydrogens is 456 g/mol. The number of rotatable bonds is 7. The molecule has 2 heterocycles. The standard InChI is InChI=1S/C24H30N4O5S/c1-24(2,17-10-11-20-21(13-17)33-16-32-20)26-15-23(29)27-18-7-6-8-19(14-18)34(30,31)28-22-9-4-3-5-12-25-22/h6-8,10-11,13-14,26H,3-5,9,12,15-16H2,1-2H3,(H,25,28)(H,27,29). The highest BCUT2D eigenvalue weighted by Gasteiger charge is 2.24. The van der Waals surface area contributed by atoms with Crippen LogP contribution in [0.3, 0.4) is 0 Å². The zero-order valence-electron chi connectivity index (χ0n) is 19.4. The summed E-state index contributed by atoms with van der Waals surface area (Å²) in [4.78, 5) is 17.0. The Morgan fingerprint density at radius 3 is 2.74 bits per heavy atom. The van der Waals surface area contributed by atoms with Gasteiger partial charge in [-0.25, -0.2) is 8.42 Å². The van der Waals surface area contributed by atoms with Crippen LogP contribution in [0.2, 0.25) is 0 Å². The Morgan fingerprint density at radius 1 is 1.06 bits per heavy atom. The van der Waals surface area contributed by atoms with E-state index in [0.29, 0.717) is 36.0 Å². The van der Waals surface area contributed by atoms with Gasteiger partial charge in [-0.05, 0) is 62.6 Å². The summed E-state index contributed by atoms with van der Waals surface area (Å²) < 4.78 is 39.0. The summed E-state index contributed by atoms with van der Waals surface area (Å²) in [5.41, 5.74) is 0.843. The van der Waals surface area contributed by atoms with E-state index in [-0.39, 0.29) is 24.1 Å². The maximum atomic E-state index is 12.8. The minimum atomic E-state index is -3.78. The molecular formula is C24H30N4O5S. The maximum absolute atomic E-state index is 12.8. The highest BCUT2D eigenvalue weighted by molar-refractivity contribution is 7.90. The monoisotopic (exact) mass is 486 g/mol. The van der Waals surface area contributed by atoms with Crippen molar-refractivity contribution >= 4 is 27.5 Å². The number of ether oxygens (including phenoxy) is 2. The highest BCUT2D eigenvalue weighted by Crippen LogP contribution is 2.35. The lowest BCUT2D eigenvalue weighted by Gasteiger charge is -2.27. The maximum Gasteiger partial charge on any atom is 0.262 e. The minimum absolute atomic E-state index is 0.0352. The first-order valence-electron chi connectivity index (χ1n) is 11.3. The molecule has 0 spiro atoms. The summed E-state index contributed by atoms with van der Waals surface area (Å²) in [6.07, 6.45) is 3.52. The van der Waals surface area contributed by atoms with Gasteiger partial charge in [0.25, 0.3) is 10.0 Å². The van der Waals surface area contributed by atoms with Crippen molar-refractivity contribution in [3.8, 4) is 11.5 Å². The third kappa shape index (κ3) is 5.87. The summed E-state index contributed by atoms with van der Waals surface area (Å²) >= 11 is 0. The van der Waals surface area contributed by atoms with Crippen LogP contribution in [-0.4, -0.2) is 40.0 Å². The Kier molecular flexibility index (Phi) is 7.08. The molecule has 2 aliphatic rings. The molecule has 0 radical (unpaired) electrons. The van der Waals surface area contributed by atoms with E-state index in [9.17, 15) is 13.2 Å². The normalized spacial score (nSPS) is 15.9. The van der Waals surface area contributed by atoms with Gasteiger partial charge in [-0.15, -0.1) is 0 Å². The third-order valence-electron chi connectivity index (χ3n) is 5.84. The third-order valence-corrected chi connectivity index (χ3v) is 7.22. The average Bonchev–Trinajstić information content (AvgIpc) is 3.14. The van der Waals surface area contributed by atoms with Crippen molar-refractivity contribution in [2.75, 3.05) is 25.2 Å². The molecule has 0 saturated carbocycles. The quantitative estimate of drug-likeness (QED) is 0.553. The molecule has 0 unspecified atom stereocenters. The Labute approximate surface area is 200 Å². The number of amidine groups is 1. The van der Waals surface area contributed by atoms with Gasteiger partial charge in [0.15, 0.2) is 11.5 Å². The van der Waals surface area contributed by atoms with E-state index in [0.717, 1.165) is 24.8 Å². The molecule has 4 rings (SSSR count). The Balaban J connectivity index is 1.37. The predicted octanol–water partition coefficient (Wildman–Crippen LogP) is 3.13. The number of aliphatic imine (C=N–C) groups is 1. The molecule has 182 valence electrons. The number of anilines is 1.